The SMILES string of the molecule is CCCCN(c1cccc(NCC)c1[N+](=O)[O-])C(C)CC. The van der Waals surface area contributed by atoms with Crippen molar-refractivity contribution in [2.45, 2.75) is 53.0 Å². The third-order valence-corrected chi connectivity index (χ3v) is 3.75. The summed E-state index contributed by atoms with van der Waals surface area (Å²) in [5, 5.41) is 14.6. The van der Waals surface area contributed by atoms with Gasteiger partial charge in [0.1, 0.15) is 11.4 Å². The van der Waals surface area contributed by atoms with E-state index in [-0.39, 0.29) is 16.7 Å². The predicted molar refractivity (Wildman–Crippen MR) is 89.3 cm³/mol. The maximum atomic E-state index is 11.5. The Labute approximate surface area is 127 Å². The highest BCUT2D eigenvalue weighted by atomic mass is 16.6. The van der Waals surface area contributed by atoms with Crippen LogP contribution in [0.5, 0.6) is 0 Å². The smallest absolute Gasteiger partial charge is 0.315 e. The molecule has 1 aromatic carbocycles. The number of hydrogen-bond acceptors (Lipinski definition) is 4. The van der Waals surface area contributed by atoms with E-state index in [1.807, 2.05) is 19.1 Å². The van der Waals surface area contributed by atoms with E-state index in [9.17, 15) is 10.1 Å². The third kappa shape index (κ3) is 4.34. The van der Waals surface area contributed by atoms with Crippen LogP contribution in [0.2, 0.25) is 0 Å². The molecule has 0 aliphatic rings. The van der Waals surface area contributed by atoms with Crippen molar-refractivity contribution >= 4 is 17.1 Å². The van der Waals surface area contributed by atoms with Gasteiger partial charge in [-0.05, 0) is 38.8 Å². The monoisotopic (exact) mass is 293 g/mol. The second-order valence-electron chi connectivity index (χ2n) is 5.26. The number of nitro benzene ring substituents is 1. The number of nitrogens with one attached hydrogen (secondary N) is 1. The van der Waals surface area contributed by atoms with E-state index in [4.69, 9.17) is 0 Å². The van der Waals surface area contributed by atoms with Gasteiger partial charge in [0.15, 0.2) is 0 Å². The van der Waals surface area contributed by atoms with Crippen LogP contribution in [0.1, 0.15) is 47.0 Å². The standard InChI is InChI=1S/C16H27N3O2/c1-5-8-12-18(13(4)6-2)15-11-9-10-14(17-7-3)16(15)19(20)21/h9-11,13,17H,5-8,12H2,1-4H3. The average Bonchev–Trinajstić information content (AvgIpc) is 2.47. The fraction of sp³-hybridized carbons (Fsp3) is 0.625. The lowest BCUT2D eigenvalue weighted by Gasteiger charge is -2.30. The van der Waals surface area contributed by atoms with Crippen LogP contribution >= 0.6 is 0 Å². The molecule has 21 heavy (non-hydrogen) atoms. The molecule has 5 nitrogen and oxygen atoms in total. The lowest BCUT2D eigenvalue weighted by molar-refractivity contribution is -0.383. The van der Waals surface area contributed by atoms with Crippen molar-refractivity contribution in [3.63, 3.8) is 0 Å². The summed E-state index contributed by atoms with van der Waals surface area (Å²) >= 11 is 0. The number of para-hydroxylation sites is 1. The van der Waals surface area contributed by atoms with Gasteiger partial charge in [-0.3, -0.25) is 10.1 Å². The molecule has 0 aliphatic heterocycles. The minimum Gasteiger partial charge on any atom is -0.380 e. The number of nitrogens with zero attached hydrogens (tertiary/aromatic N) is 2. The van der Waals surface area contributed by atoms with Gasteiger partial charge in [0.25, 0.3) is 0 Å². The van der Waals surface area contributed by atoms with Crippen LogP contribution in [0.4, 0.5) is 17.1 Å². The lowest BCUT2D eigenvalue weighted by Crippen LogP contribution is -2.34. The van der Waals surface area contributed by atoms with Crippen molar-refractivity contribution in [3.05, 3.63) is 28.3 Å². The molecule has 0 fully saturated rings. The molecule has 1 unspecified atom stereocenters. The van der Waals surface area contributed by atoms with Gasteiger partial charge in [-0.25, -0.2) is 0 Å². The molecule has 1 atom stereocenters. The van der Waals surface area contributed by atoms with Crippen LogP contribution in [0.3, 0.4) is 0 Å². The minimum absolute atomic E-state index is 0.191. The number of rotatable bonds is 9. The quantitative estimate of drug-likeness (QED) is 0.540. The van der Waals surface area contributed by atoms with Crippen molar-refractivity contribution in [1.29, 1.82) is 0 Å². The van der Waals surface area contributed by atoms with E-state index in [1.54, 1.807) is 6.07 Å². The van der Waals surface area contributed by atoms with Gasteiger partial charge in [0.2, 0.25) is 0 Å². The van der Waals surface area contributed by atoms with Crippen LogP contribution in [0, 0.1) is 10.1 Å². The van der Waals surface area contributed by atoms with E-state index in [0.29, 0.717) is 12.2 Å². The molecule has 0 bridgehead atoms. The molecule has 0 saturated heterocycles. The average molecular weight is 293 g/mol. The third-order valence-electron chi connectivity index (χ3n) is 3.75. The van der Waals surface area contributed by atoms with Crippen molar-refractivity contribution in [3.8, 4) is 0 Å². The molecule has 0 aromatic heterocycles. The molecule has 0 heterocycles. The summed E-state index contributed by atoms with van der Waals surface area (Å²) < 4.78 is 0. The lowest BCUT2D eigenvalue weighted by atomic mass is 10.1. The maximum Gasteiger partial charge on any atom is 0.315 e. The van der Waals surface area contributed by atoms with E-state index in [1.165, 1.54) is 0 Å². The van der Waals surface area contributed by atoms with Crippen molar-refractivity contribution in [1.82, 2.24) is 0 Å². The normalized spacial score (nSPS) is 12.0. The summed E-state index contributed by atoms with van der Waals surface area (Å²) in [4.78, 5) is 13.4. The Kier molecular flexibility index (Phi) is 6.99. The van der Waals surface area contributed by atoms with E-state index < -0.39 is 0 Å². The molecule has 118 valence electrons. The summed E-state index contributed by atoms with van der Waals surface area (Å²) in [5.74, 6) is 0. The molecule has 0 radical (unpaired) electrons. The summed E-state index contributed by atoms with van der Waals surface area (Å²) in [6.07, 6.45) is 3.08. The van der Waals surface area contributed by atoms with Gasteiger partial charge in [0, 0.05) is 19.1 Å². The Morgan fingerprint density at radius 2 is 2.05 bits per heavy atom. The van der Waals surface area contributed by atoms with Gasteiger partial charge in [0.05, 0.1) is 4.92 Å². The summed E-state index contributed by atoms with van der Waals surface area (Å²) in [7, 11) is 0. The fourth-order valence-corrected chi connectivity index (χ4v) is 2.42. The number of anilines is 2. The molecular formula is C16H27N3O2. The van der Waals surface area contributed by atoms with Gasteiger partial charge >= 0.3 is 5.69 Å². The van der Waals surface area contributed by atoms with Crippen LogP contribution in [0.15, 0.2) is 18.2 Å². The Hall–Kier alpha value is -1.78. The second-order valence-corrected chi connectivity index (χ2v) is 5.26. The maximum absolute atomic E-state index is 11.5. The summed E-state index contributed by atoms with van der Waals surface area (Å²) in [6.45, 7) is 9.84. The predicted octanol–water partition coefficient (Wildman–Crippen LogP) is 4.43. The first-order valence-electron chi connectivity index (χ1n) is 7.84. The zero-order chi connectivity index (χ0) is 15.8. The summed E-state index contributed by atoms with van der Waals surface area (Å²) in [5.41, 5.74) is 1.52. The Morgan fingerprint density at radius 1 is 1.33 bits per heavy atom. The zero-order valence-electron chi connectivity index (χ0n) is 13.6. The Bertz CT molecular complexity index is 463. The first-order chi connectivity index (χ1) is 10.1. The second kappa shape index (κ2) is 8.49. The van der Waals surface area contributed by atoms with Crippen LogP contribution in [-0.2, 0) is 0 Å². The van der Waals surface area contributed by atoms with Crippen LogP contribution in [-0.4, -0.2) is 24.1 Å². The first-order valence-corrected chi connectivity index (χ1v) is 7.84. The number of benzene rings is 1. The highest BCUT2D eigenvalue weighted by molar-refractivity contribution is 5.77. The van der Waals surface area contributed by atoms with Crippen molar-refractivity contribution < 1.29 is 4.92 Å². The molecule has 1 N–H and O–H groups in total. The fourth-order valence-electron chi connectivity index (χ4n) is 2.42. The molecule has 0 aliphatic carbocycles. The van der Waals surface area contributed by atoms with Crippen LogP contribution in [0.25, 0.3) is 0 Å². The van der Waals surface area contributed by atoms with Gasteiger partial charge in [-0.2, -0.15) is 0 Å². The molecular weight excluding hydrogens is 266 g/mol. The topological polar surface area (TPSA) is 58.4 Å². The van der Waals surface area contributed by atoms with Crippen LogP contribution < -0.4 is 10.2 Å². The molecule has 1 rings (SSSR count). The van der Waals surface area contributed by atoms with Gasteiger partial charge < -0.3 is 10.2 Å². The van der Waals surface area contributed by atoms with E-state index >= 15 is 0 Å². The van der Waals surface area contributed by atoms with E-state index in [2.05, 4.69) is 31.0 Å². The van der Waals surface area contributed by atoms with Gasteiger partial charge in [-0.15, -0.1) is 0 Å². The van der Waals surface area contributed by atoms with Crippen molar-refractivity contribution in [2.75, 3.05) is 23.3 Å². The Balaban J connectivity index is 3.28. The molecule has 1 aromatic rings. The minimum atomic E-state index is -0.269. The molecule has 0 spiro atoms. The van der Waals surface area contributed by atoms with Gasteiger partial charge in [-0.1, -0.05) is 26.3 Å². The number of hydrogen-bond donors (Lipinski definition) is 1. The first kappa shape index (κ1) is 17.3. The Morgan fingerprint density at radius 3 is 2.57 bits per heavy atom. The van der Waals surface area contributed by atoms with E-state index in [0.717, 1.165) is 31.5 Å². The number of unbranched alkanes of at least 4 members (excludes halogenated alkanes) is 1. The summed E-state index contributed by atoms with van der Waals surface area (Å²) in [6, 6.07) is 5.81. The van der Waals surface area contributed by atoms with Crippen molar-refractivity contribution in [2.24, 2.45) is 0 Å². The highest BCUT2D eigenvalue weighted by Gasteiger charge is 2.25. The zero-order valence-corrected chi connectivity index (χ0v) is 13.6. The number of nitro groups is 1. The molecule has 0 saturated carbocycles. The largest absolute Gasteiger partial charge is 0.380 e. The molecule has 5 heteroatoms. The molecule has 0 amide bonds. The highest BCUT2D eigenvalue weighted by Crippen LogP contribution is 2.36.